The molecule has 0 amide bonds. The molecule has 4 radical (unpaired) electrons. The molecule has 0 aromatic heterocycles. The first kappa shape index (κ1) is 10.2. The number of ether oxygens (including phenoxy) is 1. The van der Waals surface area contributed by atoms with Gasteiger partial charge in [-0.25, -0.2) is 0 Å². The Morgan fingerprint density at radius 1 is 1.18 bits per heavy atom. The van der Waals surface area contributed by atoms with Crippen molar-refractivity contribution in [3.05, 3.63) is 29.3 Å². The van der Waals surface area contributed by atoms with Gasteiger partial charge in [0.05, 0.1) is 7.11 Å². The number of aryl methyl sites for hydroxylation is 1. The van der Waals surface area contributed by atoms with Crippen molar-refractivity contribution in [3.8, 4) is 5.75 Å². The average molecular weight is 164 g/mol. The Kier molecular flexibility index (Phi) is 3.89. The third kappa shape index (κ3) is 2.08. The summed E-state index contributed by atoms with van der Waals surface area (Å²) >= 11 is 0. The second-order valence-electron chi connectivity index (χ2n) is 2.40. The van der Waals surface area contributed by atoms with Gasteiger partial charge in [-0.05, 0) is 31.0 Å². The van der Waals surface area contributed by atoms with Crippen LogP contribution < -0.4 is 4.74 Å². The predicted octanol–water partition coefficient (Wildman–Crippen LogP) is 1.93. The lowest BCUT2D eigenvalue weighted by Crippen LogP contribution is -1.88. The fourth-order valence-electron chi connectivity index (χ4n) is 0.945. The summed E-state index contributed by atoms with van der Waals surface area (Å²) in [6, 6.07) is 6.06. The summed E-state index contributed by atoms with van der Waals surface area (Å²) in [6.07, 6.45) is 0. The summed E-state index contributed by atoms with van der Waals surface area (Å²) in [5.74, 6) is 0.972. The summed E-state index contributed by atoms with van der Waals surface area (Å²) in [7, 11) is 1.70. The molecule has 0 aliphatic heterocycles. The molecule has 0 heterocycles. The molecule has 2 heteroatoms. The van der Waals surface area contributed by atoms with Crippen molar-refractivity contribution >= 4 is 11.0 Å². The quantitative estimate of drug-likeness (QED) is 0.576. The number of methoxy groups -OCH3 is 1. The van der Waals surface area contributed by atoms with Gasteiger partial charge in [0.15, 0.2) is 0 Å². The molecule has 0 bridgehead atoms. The van der Waals surface area contributed by atoms with Crippen LogP contribution in [0.4, 0.5) is 0 Å². The second-order valence-corrected chi connectivity index (χ2v) is 2.40. The highest BCUT2D eigenvalue weighted by Gasteiger charge is 1.97. The van der Waals surface area contributed by atoms with Gasteiger partial charge in [-0.3, -0.25) is 0 Å². The fourth-order valence-corrected chi connectivity index (χ4v) is 0.945. The molecular weight excluding hydrogens is 152 g/mol. The molecule has 0 saturated heterocycles. The second kappa shape index (κ2) is 4.19. The van der Waals surface area contributed by atoms with Crippen molar-refractivity contribution in [2.45, 2.75) is 13.8 Å². The van der Waals surface area contributed by atoms with Crippen molar-refractivity contribution in [2.24, 2.45) is 0 Å². The monoisotopic (exact) mass is 164 g/mol. The zero-order valence-electron chi connectivity index (χ0n) is 7.14. The maximum absolute atomic E-state index is 5.13. The van der Waals surface area contributed by atoms with E-state index >= 15 is 0 Å². The lowest BCUT2D eigenvalue weighted by atomic mass is 10.1. The topological polar surface area (TPSA) is 9.23 Å². The van der Waals surface area contributed by atoms with Crippen LogP contribution in [0.3, 0.4) is 0 Å². The van der Waals surface area contributed by atoms with E-state index in [2.05, 4.69) is 19.9 Å². The van der Waals surface area contributed by atoms with E-state index in [4.69, 9.17) is 4.74 Å². The van der Waals surface area contributed by atoms with Crippen LogP contribution in [0.25, 0.3) is 0 Å². The Morgan fingerprint density at radius 2 is 1.82 bits per heavy atom. The van der Waals surface area contributed by atoms with E-state index in [9.17, 15) is 0 Å². The molecule has 11 heavy (non-hydrogen) atoms. The first-order valence-electron chi connectivity index (χ1n) is 3.36. The largest absolute Gasteiger partial charge is 0.496 e. The predicted molar refractivity (Wildman–Crippen MR) is 48.2 cm³/mol. The van der Waals surface area contributed by atoms with Crippen LogP contribution in [0.1, 0.15) is 11.1 Å². The Balaban J connectivity index is 0.000001000. The van der Waals surface area contributed by atoms with E-state index in [1.165, 1.54) is 11.1 Å². The van der Waals surface area contributed by atoms with Crippen LogP contribution in [0.5, 0.6) is 5.75 Å². The van der Waals surface area contributed by atoms with Gasteiger partial charge in [-0.15, -0.1) is 0 Å². The van der Waals surface area contributed by atoms with E-state index < -0.39 is 0 Å². The third-order valence-electron chi connectivity index (χ3n) is 1.77. The minimum Gasteiger partial charge on any atom is -0.496 e. The van der Waals surface area contributed by atoms with E-state index in [1.54, 1.807) is 7.11 Å². The minimum absolute atomic E-state index is 0. The normalized spacial score (nSPS) is 8.64. The Labute approximate surface area is 72.4 Å². The van der Waals surface area contributed by atoms with Crippen molar-refractivity contribution in [3.63, 3.8) is 0 Å². The van der Waals surface area contributed by atoms with Crippen LogP contribution in [0.2, 0.25) is 0 Å². The Hall–Kier alpha value is -0.763. The van der Waals surface area contributed by atoms with Gasteiger partial charge in [0.1, 0.15) is 5.75 Å². The molecule has 1 aromatic carbocycles. The summed E-state index contributed by atoms with van der Waals surface area (Å²) < 4.78 is 5.13. The average Bonchev–Trinajstić information content (AvgIpc) is 1.95. The lowest BCUT2D eigenvalue weighted by molar-refractivity contribution is 0.411. The van der Waals surface area contributed by atoms with Gasteiger partial charge in [0.2, 0.25) is 0 Å². The molecule has 0 atom stereocenters. The molecule has 0 aliphatic rings. The number of hydrogen-bond donors (Lipinski definition) is 0. The van der Waals surface area contributed by atoms with Gasteiger partial charge in [0.25, 0.3) is 0 Å². The van der Waals surface area contributed by atoms with Gasteiger partial charge in [0, 0.05) is 11.0 Å². The summed E-state index contributed by atoms with van der Waals surface area (Å²) in [5.41, 5.74) is 2.50. The first-order valence-corrected chi connectivity index (χ1v) is 3.36. The molecule has 0 unspecified atom stereocenters. The number of hydrogen-bond acceptors (Lipinski definition) is 1. The summed E-state index contributed by atoms with van der Waals surface area (Å²) in [6.45, 7) is 4.14. The van der Waals surface area contributed by atoms with Crippen molar-refractivity contribution < 1.29 is 4.74 Å². The third-order valence-corrected chi connectivity index (χ3v) is 1.77. The van der Waals surface area contributed by atoms with Crippen molar-refractivity contribution in [1.29, 1.82) is 0 Å². The molecule has 58 valence electrons. The van der Waals surface area contributed by atoms with E-state index in [1.807, 2.05) is 12.1 Å². The Morgan fingerprint density at radius 3 is 2.27 bits per heavy atom. The Bertz CT molecular complexity index is 233. The molecule has 0 saturated carbocycles. The maximum atomic E-state index is 5.13. The summed E-state index contributed by atoms with van der Waals surface area (Å²) in [5, 5.41) is 0. The number of benzene rings is 1. The number of rotatable bonds is 1. The minimum atomic E-state index is 0. The van der Waals surface area contributed by atoms with Gasteiger partial charge in [-0.1, -0.05) is 12.1 Å². The molecule has 0 spiro atoms. The molecule has 1 aromatic rings. The molecule has 0 aliphatic carbocycles. The van der Waals surface area contributed by atoms with Crippen LogP contribution >= 0.6 is 0 Å². The van der Waals surface area contributed by atoms with Crippen LogP contribution in [-0.4, -0.2) is 18.1 Å². The van der Waals surface area contributed by atoms with Crippen LogP contribution in [0, 0.1) is 13.8 Å². The van der Waals surface area contributed by atoms with Gasteiger partial charge in [-0.2, -0.15) is 0 Å². The lowest BCUT2D eigenvalue weighted by Gasteiger charge is -2.05. The van der Waals surface area contributed by atoms with Crippen LogP contribution in [0.15, 0.2) is 18.2 Å². The van der Waals surface area contributed by atoms with Gasteiger partial charge >= 0.3 is 0 Å². The van der Waals surface area contributed by atoms with E-state index in [0.29, 0.717) is 0 Å². The fraction of sp³-hybridized carbons (Fsp3) is 0.333. The van der Waals surface area contributed by atoms with Crippen molar-refractivity contribution in [1.82, 2.24) is 0 Å². The molecule has 1 rings (SSSR count). The molecule has 1 nitrogen and oxygen atoms in total. The molecule has 0 N–H and O–H groups in total. The zero-order chi connectivity index (χ0) is 7.56. The summed E-state index contributed by atoms with van der Waals surface area (Å²) in [4.78, 5) is 0. The highest BCUT2D eigenvalue weighted by atomic mass is 28.1. The highest BCUT2D eigenvalue weighted by Crippen LogP contribution is 2.19. The smallest absolute Gasteiger partial charge is 0.122 e. The molecular formula is C9H12OSi. The first-order chi connectivity index (χ1) is 4.75. The van der Waals surface area contributed by atoms with Gasteiger partial charge < -0.3 is 4.74 Å². The van der Waals surface area contributed by atoms with E-state index in [0.717, 1.165) is 5.75 Å². The highest BCUT2D eigenvalue weighted by molar-refractivity contribution is 5.75. The standard InChI is InChI=1S/C9H12O.Si/c1-7-5-4-6-9(10-3)8(7)2;/h4-6H,1-3H3;. The van der Waals surface area contributed by atoms with Crippen molar-refractivity contribution in [2.75, 3.05) is 7.11 Å². The maximum Gasteiger partial charge on any atom is 0.122 e. The zero-order valence-corrected chi connectivity index (χ0v) is 8.14. The van der Waals surface area contributed by atoms with Crippen LogP contribution in [-0.2, 0) is 0 Å². The molecule has 0 fully saturated rings. The van der Waals surface area contributed by atoms with E-state index in [-0.39, 0.29) is 11.0 Å². The SMILES string of the molecule is COc1cccc(C)c1C.[Si].